The van der Waals surface area contributed by atoms with E-state index in [9.17, 15) is 18.3 Å². The van der Waals surface area contributed by atoms with Crippen molar-refractivity contribution in [2.45, 2.75) is 17.7 Å². The van der Waals surface area contributed by atoms with Crippen LogP contribution in [0.5, 0.6) is 0 Å². The zero-order valence-corrected chi connectivity index (χ0v) is 12.9. The Hall–Kier alpha value is -0.960. The third-order valence-corrected chi connectivity index (χ3v) is 5.79. The number of benzene rings is 1. The molecule has 0 saturated heterocycles. The van der Waals surface area contributed by atoms with Crippen LogP contribution in [-0.4, -0.2) is 37.8 Å². The Balaban J connectivity index is 2.24. The summed E-state index contributed by atoms with van der Waals surface area (Å²) in [6.07, 6.45) is 1.56. The first-order valence-electron chi connectivity index (χ1n) is 5.93. The molecule has 6 nitrogen and oxygen atoms in total. The molecule has 0 spiro atoms. The van der Waals surface area contributed by atoms with Crippen LogP contribution in [0.3, 0.4) is 0 Å². The quantitative estimate of drug-likeness (QED) is 0.704. The van der Waals surface area contributed by atoms with Gasteiger partial charge < -0.3 is 10.2 Å². The summed E-state index contributed by atoms with van der Waals surface area (Å²) < 4.78 is 27.1. The van der Waals surface area contributed by atoms with Gasteiger partial charge in [-0.2, -0.15) is 0 Å². The smallest absolute Gasteiger partial charge is 0.335 e. The number of hydrogen-bond acceptors (Lipinski definition) is 4. The van der Waals surface area contributed by atoms with Gasteiger partial charge in [0.15, 0.2) is 0 Å². The highest BCUT2D eigenvalue weighted by Crippen LogP contribution is 2.44. The summed E-state index contributed by atoms with van der Waals surface area (Å²) in [6, 6.07) is 3.81. The molecule has 20 heavy (non-hydrogen) atoms. The van der Waals surface area contributed by atoms with Crippen LogP contribution in [0.1, 0.15) is 23.2 Å². The lowest BCUT2D eigenvalue weighted by Gasteiger charge is -2.14. The lowest BCUT2D eigenvalue weighted by Crippen LogP contribution is -2.32. The van der Waals surface area contributed by atoms with Gasteiger partial charge >= 0.3 is 5.97 Å². The normalized spacial score (nSPS) is 16.9. The minimum absolute atomic E-state index is 0.0636. The van der Waals surface area contributed by atoms with Gasteiger partial charge in [0, 0.05) is 23.0 Å². The molecule has 1 aromatic carbocycles. The monoisotopic (exact) mass is 363 g/mol. The van der Waals surface area contributed by atoms with Crippen molar-refractivity contribution in [1.82, 2.24) is 4.72 Å². The molecule has 110 valence electrons. The number of carboxylic acids is 1. The van der Waals surface area contributed by atoms with Crippen LogP contribution in [0.4, 0.5) is 0 Å². The Morgan fingerprint density at radius 3 is 2.55 bits per heavy atom. The fourth-order valence-corrected chi connectivity index (χ4v) is 3.88. The molecular weight excluding hydrogens is 350 g/mol. The van der Waals surface area contributed by atoms with Crippen molar-refractivity contribution >= 4 is 31.9 Å². The Morgan fingerprint density at radius 2 is 2.05 bits per heavy atom. The number of halogens is 1. The number of carbonyl (C=O) groups is 1. The molecule has 0 unspecified atom stereocenters. The molecule has 3 N–H and O–H groups in total. The van der Waals surface area contributed by atoms with E-state index in [2.05, 4.69) is 20.7 Å². The topological polar surface area (TPSA) is 104 Å². The zero-order chi connectivity index (χ0) is 15.0. The summed E-state index contributed by atoms with van der Waals surface area (Å²) in [6.45, 7) is 0.0847. The van der Waals surface area contributed by atoms with E-state index in [1.54, 1.807) is 0 Å². The van der Waals surface area contributed by atoms with E-state index in [4.69, 9.17) is 5.11 Å². The van der Waals surface area contributed by atoms with E-state index in [-0.39, 0.29) is 29.0 Å². The van der Waals surface area contributed by atoms with Crippen molar-refractivity contribution in [2.24, 2.45) is 5.41 Å². The highest BCUT2D eigenvalue weighted by molar-refractivity contribution is 9.10. The van der Waals surface area contributed by atoms with Crippen LogP contribution in [0, 0.1) is 5.41 Å². The maximum Gasteiger partial charge on any atom is 0.335 e. The molecule has 0 aliphatic heterocycles. The Bertz CT molecular complexity index is 639. The highest BCUT2D eigenvalue weighted by Gasteiger charge is 2.42. The van der Waals surface area contributed by atoms with Gasteiger partial charge in [-0.15, -0.1) is 0 Å². The zero-order valence-electron chi connectivity index (χ0n) is 10.5. The fourth-order valence-electron chi connectivity index (χ4n) is 1.74. The third kappa shape index (κ3) is 3.20. The van der Waals surface area contributed by atoms with Crippen LogP contribution in [0.15, 0.2) is 27.6 Å². The number of carboxylic acid groups (broad SMARTS) is 1. The van der Waals surface area contributed by atoms with Gasteiger partial charge in [0.25, 0.3) is 0 Å². The minimum Gasteiger partial charge on any atom is -0.478 e. The van der Waals surface area contributed by atoms with E-state index in [0.717, 1.165) is 18.9 Å². The van der Waals surface area contributed by atoms with E-state index in [0.29, 0.717) is 4.47 Å². The van der Waals surface area contributed by atoms with Crippen LogP contribution in [0.2, 0.25) is 0 Å². The maximum atomic E-state index is 12.2. The highest BCUT2D eigenvalue weighted by atomic mass is 79.9. The molecule has 0 heterocycles. The first-order chi connectivity index (χ1) is 9.30. The number of nitrogens with one attached hydrogen (secondary N) is 1. The van der Waals surface area contributed by atoms with E-state index >= 15 is 0 Å². The van der Waals surface area contributed by atoms with E-state index in [1.165, 1.54) is 12.1 Å². The van der Waals surface area contributed by atoms with E-state index < -0.39 is 16.0 Å². The summed E-state index contributed by atoms with van der Waals surface area (Å²) in [5, 5.41) is 18.1. The van der Waals surface area contributed by atoms with Crippen molar-refractivity contribution in [3.05, 3.63) is 28.2 Å². The number of aliphatic hydroxyl groups excluding tert-OH is 1. The number of aromatic carboxylic acids is 1. The predicted molar refractivity (Wildman–Crippen MR) is 75.0 cm³/mol. The third-order valence-electron chi connectivity index (χ3n) is 3.40. The Kier molecular flexibility index (Phi) is 4.19. The average molecular weight is 364 g/mol. The lowest BCUT2D eigenvalue weighted by molar-refractivity contribution is 0.0696. The first kappa shape index (κ1) is 15.4. The summed E-state index contributed by atoms with van der Waals surface area (Å²) in [4.78, 5) is 10.8. The SMILES string of the molecule is O=C(O)c1ccc(Br)c(S(=O)(=O)NCC2(CO)CC2)c1. The number of rotatable bonds is 6. The summed E-state index contributed by atoms with van der Waals surface area (Å²) in [5.74, 6) is -1.19. The number of sulfonamides is 1. The Morgan fingerprint density at radius 1 is 1.40 bits per heavy atom. The largest absolute Gasteiger partial charge is 0.478 e. The van der Waals surface area contributed by atoms with Crippen molar-refractivity contribution in [2.75, 3.05) is 13.2 Å². The molecule has 0 radical (unpaired) electrons. The van der Waals surface area contributed by atoms with Crippen LogP contribution >= 0.6 is 15.9 Å². The second-order valence-corrected chi connectivity index (χ2v) is 7.52. The molecule has 1 aromatic rings. The molecule has 2 rings (SSSR count). The molecule has 0 amide bonds. The van der Waals surface area contributed by atoms with Crippen molar-refractivity contribution in [3.63, 3.8) is 0 Å². The fraction of sp³-hybridized carbons (Fsp3) is 0.417. The Labute approximate surface area is 125 Å². The van der Waals surface area contributed by atoms with Gasteiger partial charge in [-0.05, 0) is 47.0 Å². The summed E-state index contributed by atoms with van der Waals surface area (Å²) in [5.41, 5.74) is -0.457. The first-order valence-corrected chi connectivity index (χ1v) is 8.21. The van der Waals surface area contributed by atoms with Crippen LogP contribution in [0.25, 0.3) is 0 Å². The molecule has 8 heteroatoms. The molecule has 0 bridgehead atoms. The minimum atomic E-state index is -3.82. The molecule has 1 saturated carbocycles. The van der Waals surface area contributed by atoms with E-state index in [1.807, 2.05) is 0 Å². The molecule has 0 atom stereocenters. The van der Waals surface area contributed by atoms with Crippen LogP contribution < -0.4 is 4.72 Å². The second kappa shape index (κ2) is 5.44. The molecular formula is C12H14BrNO5S. The van der Waals surface area contributed by atoms with Gasteiger partial charge in [-0.1, -0.05) is 0 Å². The summed E-state index contributed by atoms with van der Waals surface area (Å²) >= 11 is 3.11. The second-order valence-electron chi connectivity index (χ2n) is 4.93. The van der Waals surface area contributed by atoms with Gasteiger partial charge in [0.2, 0.25) is 10.0 Å². The van der Waals surface area contributed by atoms with Crippen molar-refractivity contribution in [3.8, 4) is 0 Å². The van der Waals surface area contributed by atoms with Gasteiger partial charge in [0.05, 0.1) is 10.5 Å². The number of hydrogen-bond donors (Lipinski definition) is 3. The summed E-state index contributed by atoms with van der Waals surface area (Å²) in [7, 11) is -3.82. The molecule has 1 fully saturated rings. The number of aliphatic hydroxyl groups is 1. The lowest BCUT2D eigenvalue weighted by atomic mass is 10.1. The van der Waals surface area contributed by atoms with Crippen molar-refractivity contribution in [1.29, 1.82) is 0 Å². The van der Waals surface area contributed by atoms with Gasteiger partial charge in [-0.3, -0.25) is 0 Å². The van der Waals surface area contributed by atoms with Gasteiger partial charge in [0.1, 0.15) is 0 Å². The average Bonchev–Trinajstić information content (AvgIpc) is 3.17. The van der Waals surface area contributed by atoms with Crippen molar-refractivity contribution < 1.29 is 23.4 Å². The van der Waals surface area contributed by atoms with Crippen LogP contribution in [-0.2, 0) is 10.0 Å². The molecule has 1 aliphatic carbocycles. The predicted octanol–water partition coefficient (Wildman–Crippen LogP) is 1.20. The molecule has 1 aliphatic rings. The maximum absolute atomic E-state index is 12.2. The molecule has 0 aromatic heterocycles. The van der Waals surface area contributed by atoms with Gasteiger partial charge in [-0.25, -0.2) is 17.9 Å². The standard InChI is InChI=1S/C12H14BrNO5S/c13-9-2-1-8(11(16)17)5-10(9)20(18,19)14-6-12(7-15)3-4-12/h1-2,5,14-15H,3-4,6-7H2,(H,16,17).